The number of thioether (sulfide) groups is 1. The zero-order valence-electron chi connectivity index (χ0n) is 18.7. The van der Waals surface area contributed by atoms with Crippen LogP contribution in [0, 0.1) is 6.92 Å². The van der Waals surface area contributed by atoms with Crippen LogP contribution in [0.25, 0.3) is 17.1 Å². The Morgan fingerprint density at radius 1 is 1.18 bits per heavy atom. The molecule has 3 aromatic carbocycles. The van der Waals surface area contributed by atoms with Gasteiger partial charge in [-0.1, -0.05) is 29.8 Å². The zero-order chi connectivity index (χ0) is 23.9. The van der Waals surface area contributed by atoms with Crippen molar-refractivity contribution >= 4 is 23.9 Å². The van der Waals surface area contributed by atoms with Gasteiger partial charge in [-0.25, -0.2) is 5.43 Å². The summed E-state index contributed by atoms with van der Waals surface area (Å²) in [5.41, 5.74) is 6.21. The Hall–Kier alpha value is -4.11. The van der Waals surface area contributed by atoms with E-state index in [4.69, 9.17) is 4.74 Å². The van der Waals surface area contributed by atoms with E-state index in [1.807, 2.05) is 60.0 Å². The molecule has 0 bridgehead atoms. The second kappa shape index (κ2) is 10.7. The van der Waals surface area contributed by atoms with Crippen LogP contribution in [0.5, 0.6) is 11.5 Å². The average molecular weight is 475 g/mol. The molecule has 1 heterocycles. The van der Waals surface area contributed by atoms with E-state index in [1.54, 1.807) is 31.4 Å². The van der Waals surface area contributed by atoms with Gasteiger partial charge in [-0.3, -0.25) is 4.79 Å². The van der Waals surface area contributed by atoms with Gasteiger partial charge in [0.05, 0.1) is 29.7 Å². The molecule has 4 rings (SSSR count). The zero-order valence-corrected chi connectivity index (χ0v) is 19.5. The van der Waals surface area contributed by atoms with Crippen molar-refractivity contribution in [1.82, 2.24) is 15.6 Å². The first-order valence-corrected chi connectivity index (χ1v) is 11.5. The van der Waals surface area contributed by atoms with Crippen molar-refractivity contribution in [3.63, 3.8) is 0 Å². The number of aryl methyl sites for hydroxylation is 1. The minimum absolute atomic E-state index is 0.117. The molecule has 0 aliphatic heterocycles. The molecule has 0 saturated carbocycles. The Morgan fingerprint density at radius 2 is 1.94 bits per heavy atom. The van der Waals surface area contributed by atoms with E-state index in [9.17, 15) is 9.90 Å². The second-order valence-electron chi connectivity index (χ2n) is 7.43. The maximum atomic E-state index is 12.4. The molecule has 0 saturated heterocycles. The molecule has 172 valence electrons. The van der Waals surface area contributed by atoms with Gasteiger partial charge in [-0.05, 0) is 72.8 Å². The number of rotatable bonds is 8. The molecule has 0 aliphatic carbocycles. The molecule has 3 N–H and O–H groups in total. The number of hydrogen-bond donors (Lipinski definition) is 3. The number of hydrogen-bond acceptors (Lipinski definition) is 6. The molecule has 9 heteroatoms. The Balaban J connectivity index is 1.52. The van der Waals surface area contributed by atoms with Crippen LogP contribution in [-0.4, -0.2) is 40.3 Å². The lowest BCUT2D eigenvalue weighted by Crippen LogP contribution is -2.34. The van der Waals surface area contributed by atoms with Gasteiger partial charge in [-0.15, -0.1) is 5.10 Å². The predicted molar refractivity (Wildman–Crippen MR) is 131 cm³/mol. The number of H-pyrrole nitrogens is 1. The van der Waals surface area contributed by atoms with Gasteiger partial charge in [-0.2, -0.15) is 9.67 Å². The van der Waals surface area contributed by atoms with Crippen molar-refractivity contribution < 1.29 is 19.2 Å². The number of benzene rings is 3. The number of amides is 1. The van der Waals surface area contributed by atoms with Crippen LogP contribution in [0.2, 0.25) is 0 Å². The number of aromatic amines is 1. The number of nitrogens with zero attached hydrogens (tertiary/aromatic N) is 3. The highest BCUT2D eigenvalue weighted by Gasteiger charge is 2.24. The van der Waals surface area contributed by atoms with Crippen LogP contribution in [-0.2, 0) is 4.79 Å². The molecule has 0 radical (unpaired) electrons. The number of carbonyl (C=O) groups is 1. The number of carbonyl (C=O) groups excluding carboxylic acids is 1. The van der Waals surface area contributed by atoms with Gasteiger partial charge in [0.25, 0.3) is 11.7 Å². The molecular formula is C25H24N5O3S+. The first kappa shape index (κ1) is 23.1. The van der Waals surface area contributed by atoms with Crippen LogP contribution in [0.4, 0.5) is 0 Å². The minimum atomic E-state index is -0.275. The highest BCUT2D eigenvalue weighted by atomic mass is 32.2. The van der Waals surface area contributed by atoms with E-state index in [-0.39, 0.29) is 17.4 Å². The van der Waals surface area contributed by atoms with Crippen molar-refractivity contribution in [3.8, 4) is 28.6 Å². The quantitative estimate of drug-likeness (QED) is 0.157. The summed E-state index contributed by atoms with van der Waals surface area (Å²) in [5, 5.41) is 21.7. The fourth-order valence-electron chi connectivity index (χ4n) is 3.22. The molecule has 0 atom stereocenters. The lowest BCUT2D eigenvalue weighted by molar-refractivity contribution is -0.625. The molecule has 1 amide bonds. The maximum Gasteiger partial charge on any atom is 0.342 e. The average Bonchev–Trinajstić information content (AvgIpc) is 3.27. The molecule has 0 spiro atoms. The summed E-state index contributed by atoms with van der Waals surface area (Å²) in [6.07, 6.45) is 1.48. The van der Waals surface area contributed by atoms with Gasteiger partial charge in [0.1, 0.15) is 17.2 Å². The van der Waals surface area contributed by atoms with E-state index in [0.29, 0.717) is 10.7 Å². The van der Waals surface area contributed by atoms with Crippen molar-refractivity contribution in [2.75, 3.05) is 12.9 Å². The fourth-order valence-corrected chi connectivity index (χ4v) is 3.98. The number of aromatic hydroxyl groups is 1. The Labute approximate surface area is 201 Å². The second-order valence-corrected chi connectivity index (χ2v) is 8.37. The number of nitrogens with one attached hydrogen (secondary N) is 2. The third kappa shape index (κ3) is 5.62. The summed E-state index contributed by atoms with van der Waals surface area (Å²) in [6, 6.07) is 22.4. The molecule has 0 aliphatic rings. The molecule has 0 fully saturated rings. The minimum Gasteiger partial charge on any atom is -0.508 e. The van der Waals surface area contributed by atoms with E-state index < -0.39 is 0 Å². The first-order chi connectivity index (χ1) is 16.5. The van der Waals surface area contributed by atoms with Gasteiger partial charge < -0.3 is 9.84 Å². The van der Waals surface area contributed by atoms with E-state index >= 15 is 0 Å². The predicted octanol–water partition coefficient (Wildman–Crippen LogP) is 3.62. The van der Waals surface area contributed by atoms with E-state index in [2.05, 4.69) is 20.7 Å². The van der Waals surface area contributed by atoms with Crippen molar-refractivity contribution in [2.45, 2.75) is 12.1 Å². The Bertz CT molecular complexity index is 1300. The van der Waals surface area contributed by atoms with E-state index in [1.165, 1.54) is 18.0 Å². The number of aromatic nitrogens is 3. The standard InChI is InChI=1S/C25H23N5O3S/c1-17-6-8-19(9-7-17)24-28-29-25(30(24)20-10-12-22(33-2)13-11-20)34-16-23(32)27-26-15-18-4-3-5-21(31)14-18/h3-15H,16H2,1-2H3,(H2,27,31,32)/p+1. The van der Waals surface area contributed by atoms with Gasteiger partial charge in [0.15, 0.2) is 0 Å². The smallest absolute Gasteiger partial charge is 0.342 e. The first-order valence-electron chi connectivity index (χ1n) is 10.5. The number of hydrazone groups is 1. The Kier molecular flexibility index (Phi) is 7.24. The molecular weight excluding hydrogens is 450 g/mol. The number of phenolic OH excluding ortho intramolecular Hbond substituents is 1. The van der Waals surface area contributed by atoms with Gasteiger partial charge in [0, 0.05) is 0 Å². The van der Waals surface area contributed by atoms with Gasteiger partial charge in [0.2, 0.25) is 0 Å². The highest BCUT2D eigenvalue weighted by Crippen LogP contribution is 2.22. The van der Waals surface area contributed by atoms with Crippen LogP contribution in [0.15, 0.2) is 83.1 Å². The third-order valence-electron chi connectivity index (χ3n) is 4.93. The summed E-state index contributed by atoms with van der Waals surface area (Å²) >= 11 is 1.29. The van der Waals surface area contributed by atoms with E-state index in [0.717, 1.165) is 28.4 Å². The highest BCUT2D eigenvalue weighted by molar-refractivity contribution is 7.99. The molecule has 34 heavy (non-hydrogen) atoms. The summed E-state index contributed by atoms with van der Waals surface area (Å²) in [6.45, 7) is 2.04. The van der Waals surface area contributed by atoms with Crippen molar-refractivity contribution in [1.29, 1.82) is 0 Å². The summed E-state index contributed by atoms with van der Waals surface area (Å²) in [4.78, 5) is 12.4. The summed E-state index contributed by atoms with van der Waals surface area (Å²) in [5.74, 6) is 1.53. The number of methoxy groups -OCH3 is 1. The van der Waals surface area contributed by atoms with Crippen LogP contribution < -0.4 is 14.7 Å². The monoisotopic (exact) mass is 474 g/mol. The number of ether oxygens (including phenoxy) is 1. The molecule has 8 nitrogen and oxygen atoms in total. The lowest BCUT2D eigenvalue weighted by atomic mass is 10.1. The van der Waals surface area contributed by atoms with Crippen molar-refractivity contribution in [2.24, 2.45) is 5.10 Å². The molecule has 1 aromatic heterocycles. The molecule has 4 aromatic rings. The van der Waals surface area contributed by atoms with Crippen molar-refractivity contribution in [3.05, 3.63) is 83.9 Å². The third-order valence-corrected chi connectivity index (χ3v) is 5.87. The van der Waals surface area contributed by atoms with Crippen LogP contribution in [0.3, 0.4) is 0 Å². The van der Waals surface area contributed by atoms with Gasteiger partial charge >= 0.3 is 5.16 Å². The van der Waals surface area contributed by atoms with Crippen LogP contribution >= 0.6 is 11.8 Å². The summed E-state index contributed by atoms with van der Waals surface area (Å²) in [7, 11) is 1.63. The topological polar surface area (TPSA) is 103 Å². The summed E-state index contributed by atoms with van der Waals surface area (Å²) < 4.78 is 7.25. The number of phenols is 1. The maximum absolute atomic E-state index is 12.4. The fraction of sp³-hybridized carbons (Fsp3) is 0.120. The largest absolute Gasteiger partial charge is 0.508 e. The van der Waals surface area contributed by atoms with Crippen LogP contribution in [0.1, 0.15) is 11.1 Å². The Morgan fingerprint density at radius 3 is 2.65 bits per heavy atom. The SMILES string of the molecule is COc1ccc(-[n+]2c(SCC(=O)NN=Cc3cccc(O)c3)n[nH]c2-c2ccc(C)cc2)cc1. The lowest BCUT2D eigenvalue weighted by Gasteiger charge is -2.06. The molecule has 0 unspecified atom stereocenters. The normalized spacial score (nSPS) is 11.0.